The van der Waals surface area contributed by atoms with E-state index in [0.29, 0.717) is 0 Å². The van der Waals surface area contributed by atoms with Crippen LogP contribution in [0.2, 0.25) is 0 Å². The van der Waals surface area contributed by atoms with E-state index < -0.39 is 0 Å². The number of rotatable bonds is 3. The SMILES string of the molecule is COC1=CC2C(=Nc3ccncc3)C=C3Oc4cc(N(C)C)ccc4N=C3C2C=C1. The number of pyridine rings is 1. The van der Waals surface area contributed by atoms with E-state index in [9.17, 15) is 0 Å². The van der Waals surface area contributed by atoms with Crippen molar-refractivity contribution in [2.24, 2.45) is 21.8 Å². The quantitative estimate of drug-likeness (QED) is 0.757. The third-order valence-corrected chi connectivity index (χ3v) is 5.46. The monoisotopic (exact) mass is 398 g/mol. The molecule has 2 aromatic rings. The second-order valence-electron chi connectivity index (χ2n) is 7.58. The van der Waals surface area contributed by atoms with Crippen LogP contribution >= 0.6 is 0 Å². The first-order valence-corrected chi connectivity index (χ1v) is 9.85. The number of aliphatic imine (C=N–C) groups is 2. The fourth-order valence-electron chi connectivity index (χ4n) is 3.88. The maximum atomic E-state index is 6.32. The van der Waals surface area contributed by atoms with Gasteiger partial charge in [-0.15, -0.1) is 0 Å². The van der Waals surface area contributed by atoms with Crippen LogP contribution in [0.25, 0.3) is 0 Å². The molecule has 2 unspecified atom stereocenters. The van der Waals surface area contributed by atoms with Crippen LogP contribution in [0.15, 0.2) is 88.5 Å². The molecule has 3 aliphatic rings. The maximum Gasteiger partial charge on any atom is 0.155 e. The van der Waals surface area contributed by atoms with Gasteiger partial charge in [0.2, 0.25) is 0 Å². The summed E-state index contributed by atoms with van der Waals surface area (Å²) in [7, 11) is 5.70. The summed E-state index contributed by atoms with van der Waals surface area (Å²) in [5.41, 5.74) is 4.59. The molecule has 1 aromatic carbocycles. The molecule has 0 saturated carbocycles. The van der Waals surface area contributed by atoms with Gasteiger partial charge in [-0.2, -0.15) is 0 Å². The number of allylic oxidation sites excluding steroid dienone is 5. The molecule has 0 radical (unpaired) electrons. The molecule has 1 aromatic heterocycles. The number of hydrogen-bond donors (Lipinski definition) is 0. The van der Waals surface area contributed by atoms with Crippen LogP contribution in [0.1, 0.15) is 0 Å². The molecular weight excluding hydrogens is 376 g/mol. The Morgan fingerprint density at radius 3 is 2.70 bits per heavy atom. The summed E-state index contributed by atoms with van der Waals surface area (Å²) >= 11 is 0. The van der Waals surface area contributed by atoms with Gasteiger partial charge in [-0.05, 0) is 36.4 Å². The minimum atomic E-state index is 0.0202. The Hall–Kier alpha value is -3.67. The Morgan fingerprint density at radius 2 is 1.93 bits per heavy atom. The van der Waals surface area contributed by atoms with Crippen LogP contribution in [0.5, 0.6) is 5.75 Å². The van der Waals surface area contributed by atoms with E-state index in [2.05, 4.69) is 23.2 Å². The zero-order valence-electron chi connectivity index (χ0n) is 17.1. The number of anilines is 1. The third kappa shape index (κ3) is 3.20. The highest BCUT2D eigenvalue weighted by Crippen LogP contribution is 2.42. The molecule has 0 amide bonds. The summed E-state index contributed by atoms with van der Waals surface area (Å²) in [5, 5.41) is 0. The first kappa shape index (κ1) is 18.4. The number of methoxy groups -OCH3 is 1. The number of hydrogen-bond acceptors (Lipinski definition) is 6. The lowest BCUT2D eigenvalue weighted by molar-refractivity contribution is 0.300. The lowest BCUT2D eigenvalue weighted by Crippen LogP contribution is -2.36. The number of aromatic nitrogens is 1. The second kappa shape index (κ2) is 7.30. The summed E-state index contributed by atoms with van der Waals surface area (Å²) < 4.78 is 11.8. The number of ether oxygens (including phenoxy) is 2. The van der Waals surface area contributed by atoms with Crippen LogP contribution in [0.4, 0.5) is 17.1 Å². The van der Waals surface area contributed by atoms with Crippen LogP contribution < -0.4 is 9.64 Å². The largest absolute Gasteiger partial charge is 0.497 e. The Balaban J connectivity index is 1.63. The number of fused-ring (bicyclic) bond motifs is 4. The van der Waals surface area contributed by atoms with Crippen molar-refractivity contribution in [1.82, 2.24) is 4.98 Å². The summed E-state index contributed by atoms with van der Waals surface area (Å²) in [6.07, 6.45) is 11.7. The highest BCUT2D eigenvalue weighted by Gasteiger charge is 2.38. The highest BCUT2D eigenvalue weighted by atomic mass is 16.5. The maximum absolute atomic E-state index is 6.32. The molecule has 2 atom stereocenters. The highest BCUT2D eigenvalue weighted by molar-refractivity contribution is 6.17. The first-order chi connectivity index (χ1) is 14.6. The van der Waals surface area contributed by atoms with E-state index in [0.717, 1.165) is 45.8 Å². The zero-order chi connectivity index (χ0) is 20.7. The Morgan fingerprint density at radius 1 is 1.10 bits per heavy atom. The van der Waals surface area contributed by atoms with E-state index in [4.69, 9.17) is 19.5 Å². The van der Waals surface area contributed by atoms with Gasteiger partial charge < -0.3 is 14.4 Å². The lowest BCUT2D eigenvalue weighted by atomic mass is 9.76. The van der Waals surface area contributed by atoms with Crippen LogP contribution in [0.3, 0.4) is 0 Å². The fraction of sp³-hybridized carbons (Fsp3) is 0.208. The predicted molar refractivity (Wildman–Crippen MR) is 119 cm³/mol. The van der Waals surface area contributed by atoms with Crippen molar-refractivity contribution in [2.45, 2.75) is 0 Å². The van der Waals surface area contributed by atoms with Gasteiger partial charge >= 0.3 is 0 Å². The van der Waals surface area contributed by atoms with E-state index in [1.807, 2.05) is 55.4 Å². The minimum Gasteiger partial charge on any atom is -0.497 e. The Kier molecular flexibility index (Phi) is 4.47. The van der Waals surface area contributed by atoms with Gasteiger partial charge in [0.05, 0.1) is 24.2 Å². The average Bonchev–Trinajstić information content (AvgIpc) is 2.78. The van der Waals surface area contributed by atoms with Gasteiger partial charge in [0.1, 0.15) is 11.4 Å². The second-order valence-corrected chi connectivity index (χ2v) is 7.58. The molecule has 0 bridgehead atoms. The van der Waals surface area contributed by atoms with Crippen molar-refractivity contribution in [1.29, 1.82) is 0 Å². The molecule has 6 heteroatoms. The molecule has 5 rings (SSSR count). The molecule has 0 fully saturated rings. The Labute approximate surface area is 175 Å². The van der Waals surface area contributed by atoms with Gasteiger partial charge in [-0.25, -0.2) is 4.99 Å². The van der Waals surface area contributed by atoms with Gasteiger partial charge in [-0.3, -0.25) is 9.98 Å². The van der Waals surface area contributed by atoms with Gasteiger partial charge in [0.15, 0.2) is 11.5 Å². The zero-order valence-corrected chi connectivity index (χ0v) is 17.1. The van der Waals surface area contributed by atoms with E-state index in [1.165, 1.54) is 0 Å². The molecule has 0 N–H and O–H groups in total. The van der Waals surface area contributed by atoms with Gasteiger partial charge in [0.25, 0.3) is 0 Å². The first-order valence-electron chi connectivity index (χ1n) is 9.85. The molecule has 2 heterocycles. The topological polar surface area (TPSA) is 59.3 Å². The third-order valence-electron chi connectivity index (χ3n) is 5.46. The minimum absolute atomic E-state index is 0.0202. The molecule has 150 valence electrons. The lowest BCUT2D eigenvalue weighted by Gasteiger charge is -2.34. The summed E-state index contributed by atoms with van der Waals surface area (Å²) in [4.78, 5) is 16.0. The van der Waals surface area contributed by atoms with Crippen LogP contribution in [0, 0.1) is 11.8 Å². The van der Waals surface area contributed by atoms with E-state index >= 15 is 0 Å². The van der Waals surface area contributed by atoms with Crippen molar-refractivity contribution in [3.05, 3.63) is 78.5 Å². The van der Waals surface area contributed by atoms with Crippen LogP contribution in [-0.2, 0) is 4.74 Å². The molecule has 0 spiro atoms. The van der Waals surface area contributed by atoms with Crippen molar-refractivity contribution in [3.63, 3.8) is 0 Å². The van der Waals surface area contributed by atoms with Crippen LogP contribution in [-0.4, -0.2) is 37.6 Å². The summed E-state index contributed by atoms with van der Waals surface area (Å²) in [6.45, 7) is 0. The molecule has 2 aliphatic carbocycles. The van der Waals surface area contributed by atoms with Gasteiger partial charge in [0, 0.05) is 56.2 Å². The van der Waals surface area contributed by atoms with E-state index in [1.54, 1.807) is 19.5 Å². The average molecular weight is 398 g/mol. The van der Waals surface area contributed by atoms with Crippen molar-refractivity contribution in [3.8, 4) is 5.75 Å². The van der Waals surface area contributed by atoms with Gasteiger partial charge in [-0.1, -0.05) is 6.08 Å². The molecule has 0 saturated heterocycles. The standard InChI is InChI=1S/C24H22N4O2/c1-28(2)16-4-7-20-22(12-16)30-23-14-21(26-15-8-10-25-11-9-15)19-13-17(29-3)5-6-18(19)24(23)27-20/h4-14,18-19H,1-3H3. The predicted octanol–water partition coefficient (Wildman–Crippen LogP) is 4.62. The number of nitrogens with zero attached hydrogens (tertiary/aromatic N) is 4. The van der Waals surface area contributed by atoms with E-state index in [-0.39, 0.29) is 11.8 Å². The molecule has 6 nitrogen and oxygen atoms in total. The van der Waals surface area contributed by atoms with Crippen molar-refractivity contribution < 1.29 is 9.47 Å². The molecule has 1 aliphatic heterocycles. The fourth-order valence-corrected chi connectivity index (χ4v) is 3.88. The summed E-state index contributed by atoms with van der Waals surface area (Å²) in [5.74, 6) is 2.37. The summed E-state index contributed by atoms with van der Waals surface area (Å²) in [6, 6.07) is 9.86. The molecule has 30 heavy (non-hydrogen) atoms. The normalized spacial score (nSPS) is 22.6. The number of benzene rings is 1. The van der Waals surface area contributed by atoms with Crippen molar-refractivity contribution >= 4 is 28.5 Å². The Bertz CT molecular complexity index is 1140. The smallest absolute Gasteiger partial charge is 0.155 e. The van der Waals surface area contributed by atoms with Crippen molar-refractivity contribution in [2.75, 3.05) is 26.1 Å². The molecular formula is C24H22N4O2.